The van der Waals surface area contributed by atoms with Crippen molar-refractivity contribution in [2.24, 2.45) is 0 Å². The summed E-state index contributed by atoms with van der Waals surface area (Å²) in [7, 11) is 4.36. The first-order valence-electron chi connectivity index (χ1n) is 6.51. The van der Waals surface area contributed by atoms with Crippen molar-refractivity contribution >= 4 is 29.0 Å². The Morgan fingerprint density at radius 2 is 1.81 bits per heavy atom. The number of nitrogens with one attached hydrogen (secondary N) is 2. The molecule has 1 saturated carbocycles. The molecule has 0 radical (unpaired) electrons. The number of anilines is 1. The summed E-state index contributed by atoms with van der Waals surface area (Å²) in [6, 6.07) is 3.64. The third-order valence-corrected chi connectivity index (χ3v) is 3.31. The average molecular weight is 310 g/mol. The molecule has 0 saturated heterocycles. The molecule has 1 aromatic carbocycles. The van der Waals surface area contributed by atoms with Crippen LogP contribution in [0.5, 0.6) is 11.5 Å². The summed E-state index contributed by atoms with van der Waals surface area (Å²) >= 11 is 5.23. The molecule has 0 heterocycles. The van der Waals surface area contributed by atoms with Crippen molar-refractivity contribution in [2.45, 2.75) is 18.9 Å². The summed E-state index contributed by atoms with van der Waals surface area (Å²) in [5, 5.41) is 6.62. The number of hydrogen-bond acceptors (Lipinski definition) is 5. The van der Waals surface area contributed by atoms with Crippen molar-refractivity contribution in [2.75, 3.05) is 26.6 Å². The van der Waals surface area contributed by atoms with Crippen molar-refractivity contribution in [3.63, 3.8) is 0 Å². The van der Waals surface area contributed by atoms with Crippen LogP contribution in [0.3, 0.4) is 0 Å². The van der Waals surface area contributed by atoms with E-state index in [2.05, 4.69) is 10.6 Å². The van der Waals surface area contributed by atoms with Gasteiger partial charge in [0, 0.05) is 18.2 Å². The SMILES string of the molecule is COC(=O)c1cc(OC)c(OC)cc1NC(=S)NC1CC1. The van der Waals surface area contributed by atoms with Crippen LogP contribution in [-0.2, 0) is 4.74 Å². The van der Waals surface area contributed by atoms with E-state index in [0.717, 1.165) is 12.8 Å². The maximum atomic E-state index is 11.9. The molecule has 21 heavy (non-hydrogen) atoms. The molecule has 0 aliphatic heterocycles. The number of ether oxygens (including phenoxy) is 3. The predicted molar refractivity (Wildman–Crippen MR) is 83.3 cm³/mol. The van der Waals surface area contributed by atoms with Gasteiger partial charge in [0.2, 0.25) is 0 Å². The summed E-state index contributed by atoms with van der Waals surface area (Å²) < 4.78 is 15.2. The maximum Gasteiger partial charge on any atom is 0.340 e. The zero-order chi connectivity index (χ0) is 15.4. The minimum atomic E-state index is -0.479. The first kappa shape index (κ1) is 15.4. The van der Waals surface area contributed by atoms with E-state index in [1.807, 2.05) is 0 Å². The number of hydrogen-bond donors (Lipinski definition) is 2. The van der Waals surface area contributed by atoms with Gasteiger partial charge in [-0.3, -0.25) is 0 Å². The largest absolute Gasteiger partial charge is 0.493 e. The van der Waals surface area contributed by atoms with Gasteiger partial charge in [0.25, 0.3) is 0 Å². The van der Waals surface area contributed by atoms with Crippen LogP contribution in [-0.4, -0.2) is 38.5 Å². The van der Waals surface area contributed by atoms with Crippen LogP contribution in [0.2, 0.25) is 0 Å². The fourth-order valence-electron chi connectivity index (χ4n) is 1.83. The van der Waals surface area contributed by atoms with E-state index in [4.69, 9.17) is 26.4 Å². The Morgan fingerprint density at radius 1 is 1.19 bits per heavy atom. The maximum absolute atomic E-state index is 11.9. The molecule has 1 aliphatic carbocycles. The summed E-state index contributed by atoms with van der Waals surface area (Å²) in [5.41, 5.74) is 0.841. The van der Waals surface area contributed by atoms with E-state index in [-0.39, 0.29) is 0 Å². The lowest BCUT2D eigenvalue weighted by atomic mass is 10.1. The van der Waals surface area contributed by atoms with Crippen LogP contribution in [0.4, 0.5) is 5.69 Å². The molecular weight excluding hydrogens is 292 g/mol. The zero-order valence-corrected chi connectivity index (χ0v) is 13.0. The summed E-state index contributed by atoms with van der Waals surface area (Å²) in [6.07, 6.45) is 2.22. The number of carbonyl (C=O) groups excluding carboxylic acids is 1. The number of thiocarbonyl (C=S) groups is 1. The van der Waals surface area contributed by atoms with Gasteiger partial charge in [0.1, 0.15) is 0 Å². The van der Waals surface area contributed by atoms with Crippen LogP contribution < -0.4 is 20.1 Å². The van der Waals surface area contributed by atoms with Gasteiger partial charge in [-0.15, -0.1) is 0 Å². The number of benzene rings is 1. The molecule has 0 aromatic heterocycles. The topological polar surface area (TPSA) is 68.8 Å². The summed E-state index contributed by atoms with van der Waals surface area (Å²) in [5.74, 6) is 0.471. The highest BCUT2D eigenvalue weighted by molar-refractivity contribution is 7.80. The molecule has 1 aliphatic rings. The number of esters is 1. The second-order valence-corrected chi connectivity index (χ2v) is 5.03. The molecule has 2 rings (SSSR count). The molecule has 114 valence electrons. The van der Waals surface area contributed by atoms with Crippen LogP contribution in [0.25, 0.3) is 0 Å². The standard InChI is InChI=1S/C14H18N2O4S/c1-18-11-6-9(13(17)20-3)10(7-12(11)19-2)16-14(21)15-8-4-5-8/h6-8H,4-5H2,1-3H3,(H2,15,16,21). The third kappa shape index (κ3) is 3.75. The molecule has 7 heteroatoms. The Hall–Kier alpha value is -2.02. The first-order chi connectivity index (χ1) is 10.1. The Morgan fingerprint density at radius 3 is 2.33 bits per heavy atom. The van der Waals surface area contributed by atoms with E-state index in [9.17, 15) is 4.79 Å². The first-order valence-corrected chi connectivity index (χ1v) is 6.91. The highest BCUT2D eigenvalue weighted by atomic mass is 32.1. The van der Waals surface area contributed by atoms with Crippen molar-refractivity contribution < 1.29 is 19.0 Å². The van der Waals surface area contributed by atoms with Gasteiger partial charge in [-0.1, -0.05) is 0 Å². The molecular formula is C14H18N2O4S. The molecule has 1 aromatic rings. The second kappa shape index (κ2) is 6.62. The Labute approximate surface area is 128 Å². The molecule has 0 bridgehead atoms. The van der Waals surface area contributed by atoms with Gasteiger partial charge in [-0.25, -0.2) is 4.79 Å². The zero-order valence-electron chi connectivity index (χ0n) is 12.2. The van der Waals surface area contributed by atoms with Crippen molar-refractivity contribution in [1.29, 1.82) is 0 Å². The number of carbonyl (C=O) groups is 1. The fraction of sp³-hybridized carbons (Fsp3) is 0.429. The lowest BCUT2D eigenvalue weighted by Gasteiger charge is -2.16. The van der Waals surface area contributed by atoms with E-state index in [1.165, 1.54) is 21.3 Å². The molecule has 0 spiro atoms. The molecule has 6 nitrogen and oxygen atoms in total. The monoisotopic (exact) mass is 310 g/mol. The highest BCUT2D eigenvalue weighted by Gasteiger charge is 2.23. The highest BCUT2D eigenvalue weighted by Crippen LogP contribution is 2.33. The fourth-order valence-corrected chi connectivity index (χ4v) is 2.11. The molecule has 0 unspecified atom stereocenters. The Bertz CT molecular complexity index is 558. The summed E-state index contributed by atoms with van der Waals surface area (Å²) in [6.45, 7) is 0. The number of methoxy groups -OCH3 is 3. The minimum Gasteiger partial charge on any atom is -0.493 e. The number of rotatable bonds is 5. The van der Waals surface area contributed by atoms with Gasteiger partial charge >= 0.3 is 5.97 Å². The van der Waals surface area contributed by atoms with E-state index in [1.54, 1.807) is 12.1 Å². The second-order valence-electron chi connectivity index (χ2n) is 4.62. The van der Waals surface area contributed by atoms with E-state index in [0.29, 0.717) is 33.9 Å². The summed E-state index contributed by atoms with van der Waals surface area (Å²) in [4.78, 5) is 11.9. The van der Waals surface area contributed by atoms with Crippen LogP contribution >= 0.6 is 12.2 Å². The van der Waals surface area contributed by atoms with E-state index < -0.39 is 5.97 Å². The molecule has 1 fully saturated rings. The molecule has 2 N–H and O–H groups in total. The minimum absolute atomic E-state index is 0.329. The van der Waals surface area contributed by atoms with Gasteiger partial charge in [0.15, 0.2) is 16.6 Å². The van der Waals surface area contributed by atoms with Crippen molar-refractivity contribution in [1.82, 2.24) is 5.32 Å². The van der Waals surface area contributed by atoms with Crippen molar-refractivity contribution in [3.05, 3.63) is 17.7 Å². The third-order valence-electron chi connectivity index (χ3n) is 3.09. The van der Waals surface area contributed by atoms with Gasteiger partial charge in [0.05, 0.1) is 32.6 Å². The van der Waals surface area contributed by atoms with Crippen LogP contribution in [0, 0.1) is 0 Å². The average Bonchev–Trinajstić information content (AvgIpc) is 3.29. The van der Waals surface area contributed by atoms with Gasteiger partial charge < -0.3 is 24.8 Å². The van der Waals surface area contributed by atoms with Crippen molar-refractivity contribution in [3.8, 4) is 11.5 Å². The molecule has 0 atom stereocenters. The van der Waals surface area contributed by atoms with E-state index >= 15 is 0 Å². The predicted octanol–water partition coefficient (Wildman–Crippen LogP) is 1.94. The quantitative estimate of drug-likeness (QED) is 0.636. The normalized spacial score (nSPS) is 13.3. The van der Waals surface area contributed by atoms with Gasteiger partial charge in [-0.2, -0.15) is 0 Å². The Balaban J connectivity index is 2.30. The molecule has 0 amide bonds. The lowest BCUT2D eigenvalue weighted by Crippen LogP contribution is -2.30. The van der Waals surface area contributed by atoms with Crippen LogP contribution in [0.15, 0.2) is 12.1 Å². The van der Waals surface area contributed by atoms with Crippen LogP contribution in [0.1, 0.15) is 23.2 Å². The lowest BCUT2D eigenvalue weighted by molar-refractivity contribution is 0.0601. The smallest absolute Gasteiger partial charge is 0.340 e. The Kier molecular flexibility index (Phi) is 4.85. The van der Waals surface area contributed by atoms with Gasteiger partial charge in [-0.05, 0) is 25.1 Å².